The molecule has 0 spiro atoms. The lowest BCUT2D eigenvalue weighted by molar-refractivity contribution is -0.144. The first-order chi connectivity index (χ1) is 16.4. The number of rotatable bonds is 9. The normalized spacial score (nSPS) is 16.5. The van der Waals surface area contributed by atoms with Crippen molar-refractivity contribution < 1.29 is 41.0 Å². The van der Waals surface area contributed by atoms with E-state index in [1.165, 1.54) is 13.8 Å². The molecule has 0 bridgehead atoms. The first kappa shape index (κ1) is 28.6. The van der Waals surface area contributed by atoms with Gasteiger partial charge in [-0.3, -0.25) is 0 Å². The maximum Gasteiger partial charge on any atom is 0.418 e. The third kappa shape index (κ3) is 6.32. The second kappa shape index (κ2) is 11.9. The number of halogens is 6. The van der Waals surface area contributed by atoms with E-state index in [4.69, 9.17) is 22.1 Å². The standard InChI is InChI=1S/C23H26ClF5N2O4/c1-11(2)35-22(33)17-14(6-4-5-9-30)31-15(10-25)18(21(32)34-3)19(17)16-13(26)8-7-12(24)20(16)23(27,28)29/h7-8,11,19,31H,4-6,9-10,30H2,1-3H3. The number of methoxy groups -OCH3 is 1. The number of carbonyl (C=O) groups is 2. The van der Waals surface area contributed by atoms with Gasteiger partial charge in [-0.2, -0.15) is 13.2 Å². The molecule has 1 aromatic carbocycles. The molecule has 6 nitrogen and oxygen atoms in total. The number of unbranched alkanes of at least 4 members (excludes halogenated alkanes) is 1. The van der Waals surface area contributed by atoms with Gasteiger partial charge in [-0.15, -0.1) is 0 Å². The van der Waals surface area contributed by atoms with Gasteiger partial charge in [0, 0.05) is 11.3 Å². The van der Waals surface area contributed by atoms with Crippen LogP contribution in [0.25, 0.3) is 0 Å². The number of alkyl halides is 4. The van der Waals surface area contributed by atoms with Gasteiger partial charge in [0.25, 0.3) is 0 Å². The van der Waals surface area contributed by atoms with E-state index in [0.717, 1.165) is 7.11 Å². The van der Waals surface area contributed by atoms with E-state index in [-0.39, 0.29) is 18.7 Å². The lowest BCUT2D eigenvalue weighted by Crippen LogP contribution is -2.36. The number of nitrogens with two attached hydrogens (primary N) is 1. The van der Waals surface area contributed by atoms with Crippen molar-refractivity contribution >= 4 is 23.5 Å². The van der Waals surface area contributed by atoms with Crippen LogP contribution < -0.4 is 11.1 Å². The van der Waals surface area contributed by atoms with E-state index in [1.54, 1.807) is 0 Å². The van der Waals surface area contributed by atoms with E-state index in [2.05, 4.69) is 10.1 Å². The minimum Gasteiger partial charge on any atom is -0.466 e. The molecular formula is C23H26ClF5N2O4. The number of hydrogen-bond donors (Lipinski definition) is 2. The second-order valence-corrected chi connectivity index (χ2v) is 8.39. The predicted octanol–water partition coefficient (Wildman–Crippen LogP) is 4.92. The summed E-state index contributed by atoms with van der Waals surface area (Å²) in [7, 11) is 0.924. The molecular weight excluding hydrogens is 499 g/mol. The van der Waals surface area contributed by atoms with Gasteiger partial charge < -0.3 is 20.5 Å². The van der Waals surface area contributed by atoms with Crippen LogP contribution in [0.4, 0.5) is 22.0 Å². The number of dihydropyridines is 1. The lowest BCUT2D eigenvalue weighted by Gasteiger charge is -2.33. The fraction of sp³-hybridized carbons (Fsp3) is 0.478. The summed E-state index contributed by atoms with van der Waals surface area (Å²) in [4.78, 5) is 25.9. The van der Waals surface area contributed by atoms with Gasteiger partial charge in [-0.1, -0.05) is 11.6 Å². The molecule has 0 saturated heterocycles. The molecule has 12 heteroatoms. The SMILES string of the molecule is COC(=O)C1=C(CF)NC(CCCCN)=C(C(=O)OC(C)C)C1c1c(F)ccc(Cl)c1C(F)(F)F. The number of allylic oxidation sites excluding steroid dienone is 2. The highest BCUT2D eigenvalue weighted by atomic mass is 35.5. The second-order valence-electron chi connectivity index (χ2n) is 7.98. The van der Waals surface area contributed by atoms with E-state index in [1.807, 2.05) is 0 Å². The predicted molar refractivity (Wildman–Crippen MR) is 118 cm³/mol. The summed E-state index contributed by atoms with van der Waals surface area (Å²) in [6, 6.07) is 1.39. The Morgan fingerprint density at radius 2 is 1.77 bits per heavy atom. The number of nitrogens with one attached hydrogen (secondary N) is 1. The van der Waals surface area contributed by atoms with Gasteiger partial charge in [-0.05, 0) is 51.8 Å². The Labute approximate surface area is 204 Å². The molecule has 0 saturated carbocycles. The molecule has 1 aliphatic heterocycles. The summed E-state index contributed by atoms with van der Waals surface area (Å²) in [6.45, 7) is 1.95. The van der Waals surface area contributed by atoms with Crippen LogP contribution in [-0.4, -0.2) is 38.4 Å². The Hall–Kier alpha value is -2.66. The van der Waals surface area contributed by atoms with Gasteiger partial charge in [-0.25, -0.2) is 18.4 Å². The number of carbonyl (C=O) groups excluding carboxylic acids is 2. The van der Waals surface area contributed by atoms with Crippen LogP contribution >= 0.6 is 11.6 Å². The molecule has 2 rings (SSSR count). The zero-order valence-corrected chi connectivity index (χ0v) is 20.1. The summed E-state index contributed by atoms with van der Waals surface area (Å²) < 4.78 is 81.5. The Morgan fingerprint density at radius 3 is 2.29 bits per heavy atom. The first-order valence-corrected chi connectivity index (χ1v) is 11.1. The smallest absolute Gasteiger partial charge is 0.418 e. The Balaban J connectivity index is 3.00. The zero-order chi connectivity index (χ0) is 26.5. The van der Waals surface area contributed by atoms with E-state index >= 15 is 4.39 Å². The van der Waals surface area contributed by atoms with Gasteiger partial charge >= 0.3 is 18.1 Å². The molecule has 1 aliphatic rings. The largest absolute Gasteiger partial charge is 0.466 e. The topological polar surface area (TPSA) is 90.6 Å². The number of ether oxygens (including phenoxy) is 2. The Bertz CT molecular complexity index is 1040. The summed E-state index contributed by atoms with van der Waals surface area (Å²) in [5.74, 6) is -5.76. The number of benzene rings is 1. The van der Waals surface area contributed by atoms with Crippen molar-refractivity contribution in [1.82, 2.24) is 5.32 Å². The molecule has 1 heterocycles. The third-order valence-corrected chi connectivity index (χ3v) is 5.54. The molecule has 0 fully saturated rings. The van der Waals surface area contributed by atoms with Crippen LogP contribution in [0.15, 0.2) is 34.7 Å². The molecule has 194 valence electrons. The van der Waals surface area contributed by atoms with Gasteiger partial charge in [0.1, 0.15) is 12.5 Å². The van der Waals surface area contributed by atoms with Crippen LogP contribution in [0.1, 0.15) is 50.2 Å². The maximum absolute atomic E-state index is 15.2. The van der Waals surface area contributed by atoms with Crippen LogP contribution in [-0.2, 0) is 25.2 Å². The van der Waals surface area contributed by atoms with Crippen molar-refractivity contribution in [3.05, 3.63) is 56.6 Å². The van der Waals surface area contributed by atoms with Gasteiger partial charge in [0.05, 0.1) is 46.6 Å². The fourth-order valence-corrected chi connectivity index (χ4v) is 4.13. The molecule has 35 heavy (non-hydrogen) atoms. The van der Waals surface area contributed by atoms with Crippen molar-refractivity contribution in [2.45, 2.75) is 51.3 Å². The first-order valence-electron chi connectivity index (χ1n) is 10.7. The van der Waals surface area contributed by atoms with E-state index < -0.39 is 75.6 Å². The van der Waals surface area contributed by atoms with Crippen molar-refractivity contribution in [2.75, 3.05) is 20.3 Å². The summed E-state index contributed by atoms with van der Waals surface area (Å²) in [6.07, 6.45) is -5.01. The molecule has 0 amide bonds. The molecule has 0 aliphatic carbocycles. The lowest BCUT2D eigenvalue weighted by atomic mass is 9.77. The Morgan fingerprint density at radius 1 is 1.14 bits per heavy atom. The highest BCUT2D eigenvalue weighted by molar-refractivity contribution is 6.31. The van der Waals surface area contributed by atoms with Crippen molar-refractivity contribution in [1.29, 1.82) is 0 Å². The molecule has 1 atom stereocenters. The third-order valence-electron chi connectivity index (χ3n) is 5.23. The molecule has 0 aromatic heterocycles. The quantitative estimate of drug-likeness (QED) is 0.271. The maximum atomic E-state index is 15.2. The van der Waals surface area contributed by atoms with Crippen molar-refractivity contribution in [3.63, 3.8) is 0 Å². The highest BCUT2D eigenvalue weighted by Crippen LogP contribution is 2.48. The average molecular weight is 525 g/mol. The molecule has 1 aromatic rings. The minimum atomic E-state index is -5.18. The van der Waals surface area contributed by atoms with E-state index in [0.29, 0.717) is 25.0 Å². The van der Waals surface area contributed by atoms with Crippen LogP contribution in [0.2, 0.25) is 5.02 Å². The van der Waals surface area contributed by atoms with Crippen LogP contribution in [0.3, 0.4) is 0 Å². The molecule has 3 N–H and O–H groups in total. The summed E-state index contributed by atoms with van der Waals surface area (Å²) in [5, 5.41) is 1.77. The molecule has 0 radical (unpaired) electrons. The minimum absolute atomic E-state index is 0.0121. The number of esters is 2. The van der Waals surface area contributed by atoms with Crippen LogP contribution in [0, 0.1) is 5.82 Å². The molecule has 1 unspecified atom stereocenters. The summed E-state index contributed by atoms with van der Waals surface area (Å²) >= 11 is 5.83. The van der Waals surface area contributed by atoms with Crippen molar-refractivity contribution in [2.24, 2.45) is 5.73 Å². The monoisotopic (exact) mass is 524 g/mol. The number of hydrogen-bond acceptors (Lipinski definition) is 6. The van der Waals surface area contributed by atoms with E-state index in [9.17, 15) is 27.2 Å². The highest BCUT2D eigenvalue weighted by Gasteiger charge is 2.47. The van der Waals surface area contributed by atoms with Crippen molar-refractivity contribution in [3.8, 4) is 0 Å². The fourth-order valence-electron chi connectivity index (χ4n) is 3.85. The van der Waals surface area contributed by atoms with Crippen LogP contribution in [0.5, 0.6) is 0 Å². The Kier molecular flexibility index (Phi) is 9.68. The van der Waals surface area contributed by atoms with Gasteiger partial charge in [0.15, 0.2) is 0 Å². The zero-order valence-electron chi connectivity index (χ0n) is 19.3. The average Bonchev–Trinajstić information content (AvgIpc) is 2.77. The van der Waals surface area contributed by atoms with Gasteiger partial charge in [0.2, 0.25) is 0 Å². The summed E-state index contributed by atoms with van der Waals surface area (Å²) in [5.41, 5.74) is 1.17.